The third-order valence-corrected chi connectivity index (χ3v) is 5.88. The Balaban J connectivity index is 1.27. The summed E-state index contributed by atoms with van der Waals surface area (Å²) < 4.78 is 11.1. The van der Waals surface area contributed by atoms with Crippen LogP contribution in [0.3, 0.4) is 0 Å². The lowest BCUT2D eigenvalue weighted by atomic mass is 10.2. The van der Waals surface area contributed by atoms with Crippen LogP contribution in [-0.4, -0.2) is 53.6 Å². The van der Waals surface area contributed by atoms with Crippen molar-refractivity contribution in [2.24, 2.45) is 0 Å². The molecule has 2 aromatic carbocycles. The van der Waals surface area contributed by atoms with Gasteiger partial charge in [0.25, 0.3) is 0 Å². The number of rotatable bonds is 6. The molecule has 7 nitrogen and oxygen atoms in total. The summed E-state index contributed by atoms with van der Waals surface area (Å²) in [6.07, 6.45) is 1.60. The van der Waals surface area contributed by atoms with Crippen LogP contribution in [0.4, 0.5) is 5.82 Å². The quantitative estimate of drug-likeness (QED) is 0.422. The predicted molar refractivity (Wildman–Crippen MR) is 127 cm³/mol. The molecule has 0 unspecified atom stereocenters. The van der Waals surface area contributed by atoms with E-state index in [0.717, 1.165) is 22.3 Å². The third kappa shape index (κ3) is 4.84. The molecule has 1 aliphatic heterocycles. The minimum atomic E-state index is 0.00110. The van der Waals surface area contributed by atoms with Crippen molar-refractivity contribution in [2.75, 3.05) is 37.7 Å². The molecule has 5 rings (SSSR count). The number of ether oxygens (including phenoxy) is 1. The minimum absolute atomic E-state index is 0.00110. The van der Waals surface area contributed by atoms with E-state index >= 15 is 0 Å². The normalized spacial score (nSPS) is 14.1. The van der Waals surface area contributed by atoms with Crippen molar-refractivity contribution in [2.45, 2.75) is 6.61 Å². The number of amides is 1. The first-order valence-electron chi connectivity index (χ1n) is 10.8. The molecule has 1 saturated heterocycles. The Bertz CT molecular complexity index is 1240. The molecule has 1 fully saturated rings. The highest BCUT2D eigenvalue weighted by Gasteiger charge is 2.24. The van der Waals surface area contributed by atoms with E-state index in [0.29, 0.717) is 49.4 Å². The molecule has 1 amide bonds. The SMILES string of the molecule is O=C(COCc1ccccc1)N1CCN(c2nc(-c3ccco3)nc3cc(Cl)ccc23)CC1. The lowest BCUT2D eigenvalue weighted by molar-refractivity contribution is -0.136. The monoisotopic (exact) mass is 462 g/mol. The van der Waals surface area contributed by atoms with Crippen LogP contribution in [0.1, 0.15) is 5.56 Å². The summed E-state index contributed by atoms with van der Waals surface area (Å²) in [6.45, 7) is 3.03. The molecule has 168 valence electrons. The van der Waals surface area contributed by atoms with E-state index in [-0.39, 0.29) is 12.5 Å². The zero-order valence-electron chi connectivity index (χ0n) is 18.0. The van der Waals surface area contributed by atoms with Gasteiger partial charge in [-0.25, -0.2) is 9.97 Å². The van der Waals surface area contributed by atoms with E-state index in [1.54, 1.807) is 6.26 Å². The van der Waals surface area contributed by atoms with Crippen molar-refractivity contribution in [1.82, 2.24) is 14.9 Å². The Morgan fingerprint density at radius 3 is 2.58 bits per heavy atom. The molecule has 1 aliphatic rings. The molecule has 0 saturated carbocycles. The van der Waals surface area contributed by atoms with E-state index in [9.17, 15) is 4.79 Å². The summed E-state index contributed by atoms with van der Waals surface area (Å²) in [5, 5.41) is 1.53. The average Bonchev–Trinajstić information content (AvgIpc) is 3.39. The Kier molecular flexibility index (Phi) is 6.24. The van der Waals surface area contributed by atoms with E-state index in [1.165, 1.54) is 0 Å². The number of halogens is 1. The number of fused-ring (bicyclic) bond motifs is 1. The number of piperazine rings is 1. The molecular formula is C25H23ClN4O3. The zero-order valence-corrected chi connectivity index (χ0v) is 18.7. The second kappa shape index (κ2) is 9.60. The van der Waals surface area contributed by atoms with Gasteiger partial charge in [-0.2, -0.15) is 0 Å². The van der Waals surface area contributed by atoms with Crippen LogP contribution in [0.5, 0.6) is 0 Å². The molecule has 0 atom stereocenters. The first-order valence-corrected chi connectivity index (χ1v) is 11.2. The van der Waals surface area contributed by atoms with E-state index in [4.69, 9.17) is 25.7 Å². The van der Waals surface area contributed by atoms with Crippen molar-refractivity contribution >= 4 is 34.2 Å². The minimum Gasteiger partial charge on any atom is -0.461 e. The van der Waals surface area contributed by atoms with Gasteiger partial charge in [-0.05, 0) is 35.9 Å². The number of carbonyl (C=O) groups is 1. The molecule has 33 heavy (non-hydrogen) atoms. The molecule has 0 N–H and O–H groups in total. The first-order chi connectivity index (χ1) is 16.2. The van der Waals surface area contributed by atoms with Crippen molar-refractivity contribution in [1.29, 1.82) is 0 Å². The number of aromatic nitrogens is 2. The van der Waals surface area contributed by atoms with Crippen molar-refractivity contribution < 1.29 is 13.9 Å². The lowest BCUT2D eigenvalue weighted by Crippen LogP contribution is -2.50. The van der Waals surface area contributed by atoms with Gasteiger partial charge in [-0.1, -0.05) is 41.9 Å². The Morgan fingerprint density at radius 1 is 1.00 bits per heavy atom. The fourth-order valence-corrected chi connectivity index (χ4v) is 4.10. The third-order valence-electron chi connectivity index (χ3n) is 5.65. The van der Waals surface area contributed by atoms with E-state index in [1.807, 2.05) is 65.6 Å². The number of carbonyl (C=O) groups excluding carboxylic acids is 1. The Hall–Kier alpha value is -3.42. The van der Waals surface area contributed by atoms with Crippen LogP contribution in [0.2, 0.25) is 5.02 Å². The number of hydrogen-bond acceptors (Lipinski definition) is 6. The molecular weight excluding hydrogens is 440 g/mol. The maximum atomic E-state index is 12.6. The van der Waals surface area contributed by atoms with Crippen molar-refractivity contribution in [3.63, 3.8) is 0 Å². The number of furan rings is 1. The molecule has 3 heterocycles. The molecule has 0 spiro atoms. The molecule has 2 aromatic heterocycles. The summed E-state index contributed by atoms with van der Waals surface area (Å²) in [6, 6.07) is 19.1. The maximum Gasteiger partial charge on any atom is 0.248 e. The van der Waals surface area contributed by atoms with Crippen LogP contribution in [-0.2, 0) is 16.1 Å². The number of benzene rings is 2. The van der Waals surface area contributed by atoms with E-state index in [2.05, 4.69) is 9.88 Å². The smallest absolute Gasteiger partial charge is 0.248 e. The van der Waals surface area contributed by atoms with Gasteiger partial charge >= 0.3 is 0 Å². The van der Waals surface area contributed by atoms with Crippen LogP contribution >= 0.6 is 11.6 Å². The summed E-state index contributed by atoms with van der Waals surface area (Å²) in [5.41, 5.74) is 1.81. The van der Waals surface area contributed by atoms with Gasteiger partial charge in [0.2, 0.25) is 5.91 Å². The maximum absolute atomic E-state index is 12.6. The van der Waals surface area contributed by atoms with Crippen LogP contribution < -0.4 is 4.90 Å². The summed E-state index contributed by atoms with van der Waals surface area (Å²) in [7, 11) is 0. The molecule has 4 aromatic rings. The fourth-order valence-electron chi connectivity index (χ4n) is 3.93. The van der Waals surface area contributed by atoms with Crippen LogP contribution in [0, 0.1) is 0 Å². The van der Waals surface area contributed by atoms with Crippen molar-refractivity contribution in [3.8, 4) is 11.6 Å². The number of anilines is 1. The summed E-state index contributed by atoms with van der Waals surface area (Å²) >= 11 is 6.22. The van der Waals surface area contributed by atoms with Gasteiger partial charge < -0.3 is 19.0 Å². The lowest BCUT2D eigenvalue weighted by Gasteiger charge is -2.36. The van der Waals surface area contributed by atoms with Gasteiger partial charge in [-0.3, -0.25) is 4.79 Å². The topological polar surface area (TPSA) is 71.7 Å². The van der Waals surface area contributed by atoms with E-state index < -0.39 is 0 Å². The molecule has 0 aliphatic carbocycles. The second-order valence-corrected chi connectivity index (χ2v) is 8.29. The largest absolute Gasteiger partial charge is 0.461 e. The Morgan fingerprint density at radius 2 is 1.82 bits per heavy atom. The fraction of sp³-hybridized carbons (Fsp3) is 0.240. The highest BCUT2D eigenvalue weighted by atomic mass is 35.5. The van der Waals surface area contributed by atoms with Crippen molar-refractivity contribution in [3.05, 3.63) is 77.5 Å². The summed E-state index contributed by atoms with van der Waals surface area (Å²) in [5.74, 6) is 1.93. The predicted octanol–water partition coefficient (Wildman–Crippen LogP) is 4.41. The van der Waals surface area contributed by atoms with Gasteiger partial charge in [0.1, 0.15) is 12.4 Å². The van der Waals surface area contributed by atoms with Crippen LogP contribution in [0.15, 0.2) is 71.3 Å². The molecule has 8 heteroatoms. The number of hydrogen-bond donors (Lipinski definition) is 0. The highest BCUT2D eigenvalue weighted by Crippen LogP contribution is 2.30. The summed E-state index contributed by atoms with van der Waals surface area (Å²) in [4.78, 5) is 26.1. The Labute approximate surface area is 196 Å². The van der Waals surface area contributed by atoms with Gasteiger partial charge in [0.15, 0.2) is 11.6 Å². The number of nitrogens with zero attached hydrogens (tertiary/aromatic N) is 4. The van der Waals surface area contributed by atoms with Crippen LogP contribution in [0.25, 0.3) is 22.5 Å². The van der Waals surface area contributed by atoms with Gasteiger partial charge in [0.05, 0.1) is 18.4 Å². The standard InChI is InChI=1S/C25H23ClN4O3/c26-19-8-9-20-21(15-19)27-24(22-7-4-14-33-22)28-25(20)30-12-10-29(11-13-30)23(31)17-32-16-18-5-2-1-3-6-18/h1-9,14-15H,10-13,16-17H2. The zero-order chi connectivity index (χ0) is 22.6. The van der Waals surface area contributed by atoms with Gasteiger partial charge in [-0.15, -0.1) is 0 Å². The second-order valence-electron chi connectivity index (χ2n) is 7.86. The highest BCUT2D eigenvalue weighted by molar-refractivity contribution is 6.31. The average molecular weight is 463 g/mol. The molecule has 0 bridgehead atoms. The van der Waals surface area contributed by atoms with Gasteiger partial charge in [0, 0.05) is 36.6 Å². The first kappa shape index (κ1) is 21.4. The molecule has 0 radical (unpaired) electrons.